The van der Waals surface area contributed by atoms with Gasteiger partial charge in [0.2, 0.25) is 0 Å². The maximum absolute atomic E-state index is 3.70. The Kier molecular flexibility index (Phi) is 7.92. The van der Waals surface area contributed by atoms with E-state index in [0.29, 0.717) is 0 Å². The highest BCUT2D eigenvalue weighted by Gasteiger charge is 2.18. The predicted octanol–water partition coefficient (Wildman–Crippen LogP) is 4.76. The molecule has 0 aromatic carbocycles. The molecule has 1 aliphatic rings. The Hall–Kier alpha value is -0.0400. The molecule has 1 fully saturated rings. The van der Waals surface area contributed by atoms with E-state index in [2.05, 4.69) is 26.1 Å². The smallest absolute Gasteiger partial charge is 0.00695 e. The van der Waals surface area contributed by atoms with Crippen LogP contribution in [0.3, 0.4) is 0 Å². The largest absolute Gasteiger partial charge is 0.314 e. The van der Waals surface area contributed by atoms with E-state index in [0.717, 1.165) is 24.4 Å². The van der Waals surface area contributed by atoms with E-state index in [1.165, 1.54) is 57.8 Å². The highest BCUT2D eigenvalue weighted by Crippen LogP contribution is 2.28. The molecule has 0 spiro atoms. The van der Waals surface area contributed by atoms with Crippen molar-refractivity contribution in [2.75, 3.05) is 6.54 Å². The van der Waals surface area contributed by atoms with Crippen molar-refractivity contribution in [2.24, 2.45) is 11.8 Å². The van der Waals surface area contributed by atoms with E-state index in [1.807, 2.05) is 0 Å². The first-order chi connectivity index (χ1) is 8.22. The third-order valence-electron chi connectivity index (χ3n) is 4.17. The van der Waals surface area contributed by atoms with Gasteiger partial charge in [-0.1, -0.05) is 65.7 Å². The first-order valence-corrected chi connectivity index (χ1v) is 7.95. The number of nitrogens with one attached hydrogen (secondary N) is 1. The van der Waals surface area contributed by atoms with E-state index in [-0.39, 0.29) is 0 Å². The highest BCUT2D eigenvalue weighted by atomic mass is 14.9. The molecule has 0 saturated heterocycles. The molecule has 1 nitrogen and oxygen atoms in total. The van der Waals surface area contributed by atoms with Crippen molar-refractivity contribution in [3.8, 4) is 0 Å². The van der Waals surface area contributed by atoms with Gasteiger partial charge in [0.05, 0.1) is 0 Å². The zero-order chi connectivity index (χ0) is 12.5. The van der Waals surface area contributed by atoms with Crippen LogP contribution < -0.4 is 5.32 Å². The third-order valence-corrected chi connectivity index (χ3v) is 4.17. The highest BCUT2D eigenvalue weighted by molar-refractivity contribution is 4.74. The van der Waals surface area contributed by atoms with Crippen molar-refractivity contribution in [3.63, 3.8) is 0 Å². The van der Waals surface area contributed by atoms with Crippen molar-refractivity contribution in [1.29, 1.82) is 0 Å². The van der Waals surface area contributed by atoms with Crippen LogP contribution in [0.1, 0.15) is 78.6 Å². The molecule has 0 amide bonds. The van der Waals surface area contributed by atoms with E-state index < -0.39 is 0 Å². The minimum Gasteiger partial charge on any atom is -0.314 e. The second-order valence-corrected chi connectivity index (χ2v) is 6.32. The second kappa shape index (κ2) is 8.97. The molecule has 17 heavy (non-hydrogen) atoms. The Balaban J connectivity index is 2.21. The summed E-state index contributed by atoms with van der Waals surface area (Å²) in [5.74, 6) is 1.89. The molecule has 0 heterocycles. The van der Waals surface area contributed by atoms with E-state index >= 15 is 0 Å². The second-order valence-electron chi connectivity index (χ2n) is 6.32. The zero-order valence-corrected chi connectivity index (χ0v) is 12.3. The van der Waals surface area contributed by atoms with Crippen molar-refractivity contribution in [3.05, 3.63) is 0 Å². The maximum Gasteiger partial charge on any atom is 0.00695 e. The van der Waals surface area contributed by atoms with Gasteiger partial charge in [-0.15, -0.1) is 0 Å². The summed E-state index contributed by atoms with van der Waals surface area (Å²) in [6.45, 7) is 8.06. The molecule has 0 aromatic heterocycles. The molecule has 1 rings (SSSR count). The summed E-state index contributed by atoms with van der Waals surface area (Å²) >= 11 is 0. The Morgan fingerprint density at radius 2 is 1.76 bits per heavy atom. The maximum atomic E-state index is 3.70. The molecular weight excluding hydrogens is 206 g/mol. The first kappa shape index (κ1) is 15.0. The summed E-state index contributed by atoms with van der Waals surface area (Å²) in [5, 5.41) is 3.70. The minimum atomic E-state index is 0.793. The molecule has 1 unspecified atom stereocenters. The van der Waals surface area contributed by atoms with Gasteiger partial charge in [0, 0.05) is 6.04 Å². The lowest BCUT2D eigenvalue weighted by molar-refractivity contribution is 0.287. The van der Waals surface area contributed by atoms with Crippen LogP contribution in [-0.2, 0) is 0 Å². The molecule has 0 bridgehead atoms. The standard InChI is InChI=1S/C16H33N/c1-4-17-16(12-8-9-14(2)3)13-15-10-6-5-7-11-15/h14-17H,4-13H2,1-3H3. The number of rotatable bonds is 8. The van der Waals surface area contributed by atoms with Gasteiger partial charge in [0.25, 0.3) is 0 Å². The van der Waals surface area contributed by atoms with Crippen molar-refractivity contribution >= 4 is 0 Å². The van der Waals surface area contributed by atoms with Gasteiger partial charge < -0.3 is 5.32 Å². The fourth-order valence-corrected chi connectivity index (χ4v) is 3.19. The lowest BCUT2D eigenvalue weighted by Gasteiger charge is -2.27. The van der Waals surface area contributed by atoms with Crippen LogP contribution in [0, 0.1) is 11.8 Å². The van der Waals surface area contributed by atoms with E-state index in [1.54, 1.807) is 0 Å². The Morgan fingerprint density at radius 3 is 2.35 bits per heavy atom. The summed E-state index contributed by atoms with van der Waals surface area (Å²) < 4.78 is 0. The fraction of sp³-hybridized carbons (Fsp3) is 1.00. The van der Waals surface area contributed by atoms with Gasteiger partial charge >= 0.3 is 0 Å². The summed E-state index contributed by atoms with van der Waals surface area (Å²) in [5.41, 5.74) is 0. The van der Waals surface area contributed by atoms with Crippen LogP contribution >= 0.6 is 0 Å². The van der Waals surface area contributed by atoms with Crippen LogP contribution in [0.2, 0.25) is 0 Å². The Labute approximate surface area is 109 Å². The van der Waals surface area contributed by atoms with Crippen molar-refractivity contribution in [1.82, 2.24) is 5.32 Å². The van der Waals surface area contributed by atoms with E-state index in [4.69, 9.17) is 0 Å². The van der Waals surface area contributed by atoms with Crippen LogP contribution in [-0.4, -0.2) is 12.6 Å². The van der Waals surface area contributed by atoms with Crippen molar-refractivity contribution in [2.45, 2.75) is 84.6 Å². The van der Waals surface area contributed by atoms with Gasteiger partial charge in [-0.05, 0) is 31.2 Å². The molecule has 1 N–H and O–H groups in total. The van der Waals surface area contributed by atoms with Gasteiger partial charge in [-0.3, -0.25) is 0 Å². The van der Waals surface area contributed by atoms with Gasteiger partial charge in [-0.25, -0.2) is 0 Å². The molecule has 0 aliphatic heterocycles. The van der Waals surface area contributed by atoms with Crippen LogP contribution in [0.4, 0.5) is 0 Å². The lowest BCUT2D eigenvalue weighted by atomic mass is 9.83. The van der Waals surface area contributed by atoms with Crippen LogP contribution in [0.25, 0.3) is 0 Å². The lowest BCUT2D eigenvalue weighted by Crippen LogP contribution is -2.31. The molecule has 0 radical (unpaired) electrons. The van der Waals surface area contributed by atoms with Gasteiger partial charge in [0.1, 0.15) is 0 Å². The monoisotopic (exact) mass is 239 g/mol. The van der Waals surface area contributed by atoms with Gasteiger partial charge in [0.15, 0.2) is 0 Å². The average Bonchev–Trinajstić information content (AvgIpc) is 2.30. The summed E-state index contributed by atoms with van der Waals surface area (Å²) in [4.78, 5) is 0. The SMILES string of the molecule is CCNC(CCCC(C)C)CC1CCCCC1. The topological polar surface area (TPSA) is 12.0 Å². The molecule has 1 atom stereocenters. The predicted molar refractivity (Wildman–Crippen MR) is 77.3 cm³/mol. The number of hydrogen-bond donors (Lipinski definition) is 1. The molecule has 1 saturated carbocycles. The normalized spacial score (nSPS) is 19.8. The summed E-state index contributed by atoms with van der Waals surface area (Å²) in [7, 11) is 0. The molecule has 1 heteroatoms. The van der Waals surface area contributed by atoms with Crippen LogP contribution in [0.5, 0.6) is 0 Å². The summed E-state index contributed by atoms with van der Waals surface area (Å²) in [6, 6.07) is 0.793. The molecule has 0 aromatic rings. The minimum absolute atomic E-state index is 0.793. The molecule has 102 valence electrons. The Morgan fingerprint density at radius 1 is 1.06 bits per heavy atom. The number of hydrogen-bond acceptors (Lipinski definition) is 1. The zero-order valence-electron chi connectivity index (χ0n) is 12.3. The molecule has 1 aliphatic carbocycles. The summed E-state index contributed by atoms with van der Waals surface area (Å²) in [6.07, 6.45) is 13.1. The Bertz CT molecular complexity index is 170. The molecular formula is C16H33N. The average molecular weight is 239 g/mol. The van der Waals surface area contributed by atoms with Crippen molar-refractivity contribution < 1.29 is 0 Å². The first-order valence-electron chi connectivity index (χ1n) is 7.95. The van der Waals surface area contributed by atoms with E-state index in [9.17, 15) is 0 Å². The van der Waals surface area contributed by atoms with Gasteiger partial charge in [-0.2, -0.15) is 0 Å². The third kappa shape index (κ3) is 7.08. The fourth-order valence-electron chi connectivity index (χ4n) is 3.19. The van der Waals surface area contributed by atoms with Crippen LogP contribution in [0.15, 0.2) is 0 Å². The quantitative estimate of drug-likeness (QED) is 0.644.